The van der Waals surface area contributed by atoms with E-state index in [0.717, 1.165) is 10.4 Å². The SMILES string of the molecule is Cc1ccc(NC(=O)CC(NC(N)=O)c2cccs2)cc1Cl. The molecule has 3 amide bonds. The van der Waals surface area contributed by atoms with Crippen LogP contribution >= 0.6 is 22.9 Å². The highest BCUT2D eigenvalue weighted by Gasteiger charge is 2.18. The number of rotatable bonds is 5. The van der Waals surface area contributed by atoms with Gasteiger partial charge in [0.2, 0.25) is 5.91 Å². The monoisotopic (exact) mass is 337 g/mol. The van der Waals surface area contributed by atoms with Crippen molar-refractivity contribution in [3.8, 4) is 0 Å². The van der Waals surface area contributed by atoms with Crippen molar-refractivity contribution in [1.82, 2.24) is 5.32 Å². The lowest BCUT2D eigenvalue weighted by Crippen LogP contribution is -2.34. The minimum atomic E-state index is -0.662. The topological polar surface area (TPSA) is 84.2 Å². The van der Waals surface area contributed by atoms with Crippen LogP contribution in [0.4, 0.5) is 10.5 Å². The van der Waals surface area contributed by atoms with Gasteiger partial charge in [-0.25, -0.2) is 4.79 Å². The van der Waals surface area contributed by atoms with Gasteiger partial charge in [-0.1, -0.05) is 23.7 Å². The number of primary amides is 1. The lowest BCUT2D eigenvalue weighted by molar-refractivity contribution is -0.116. The fourth-order valence-electron chi connectivity index (χ4n) is 1.95. The summed E-state index contributed by atoms with van der Waals surface area (Å²) in [4.78, 5) is 24.1. The molecule has 0 bridgehead atoms. The maximum atomic E-state index is 12.2. The lowest BCUT2D eigenvalue weighted by Gasteiger charge is -2.16. The molecule has 0 saturated heterocycles. The molecule has 1 aromatic carbocycles. The van der Waals surface area contributed by atoms with Crippen molar-refractivity contribution in [3.63, 3.8) is 0 Å². The summed E-state index contributed by atoms with van der Waals surface area (Å²) in [5, 5.41) is 7.81. The van der Waals surface area contributed by atoms with Crippen LogP contribution in [0.25, 0.3) is 0 Å². The molecule has 22 heavy (non-hydrogen) atoms. The van der Waals surface area contributed by atoms with Crippen LogP contribution in [0, 0.1) is 6.92 Å². The predicted octanol–water partition coefficient (Wildman–Crippen LogP) is 3.45. The molecule has 0 radical (unpaired) electrons. The lowest BCUT2D eigenvalue weighted by atomic mass is 10.1. The number of hydrogen-bond acceptors (Lipinski definition) is 3. The van der Waals surface area contributed by atoms with Crippen LogP contribution < -0.4 is 16.4 Å². The first kappa shape index (κ1) is 16.3. The molecule has 0 saturated carbocycles. The number of halogens is 1. The fourth-order valence-corrected chi connectivity index (χ4v) is 2.91. The van der Waals surface area contributed by atoms with Crippen molar-refractivity contribution < 1.29 is 9.59 Å². The van der Waals surface area contributed by atoms with Crippen molar-refractivity contribution in [3.05, 3.63) is 51.2 Å². The van der Waals surface area contributed by atoms with E-state index in [4.69, 9.17) is 17.3 Å². The molecule has 1 aromatic heterocycles. The molecule has 4 N–H and O–H groups in total. The summed E-state index contributed by atoms with van der Waals surface area (Å²) >= 11 is 7.48. The molecule has 2 aromatic rings. The van der Waals surface area contributed by atoms with E-state index in [9.17, 15) is 9.59 Å². The van der Waals surface area contributed by atoms with E-state index in [0.29, 0.717) is 10.7 Å². The van der Waals surface area contributed by atoms with Gasteiger partial charge in [0.1, 0.15) is 0 Å². The smallest absolute Gasteiger partial charge is 0.312 e. The Morgan fingerprint density at radius 2 is 2.14 bits per heavy atom. The minimum Gasteiger partial charge on any atom is -0.352 e. The van der Waals surface area contributed by atoms with E-state index >= 15 is 0 Å². The van der Waals surface area contributed by atoms with Gasteiger partial charge >= 0.3 is 6.03 Å². The molecule has 1 unspecified atom stereocenters. The zero-order valence-electron chi connectivity index (χ0n) is 11.9. The van der Waals surface area contributed by atoms with Crippen LogP contribution in [0.2, 0.25) is 5.02 Å². The summed E-state index contributed by atoms with van der Waals surface area (Å²) in [5.74, 6) is -0.230. The van der Waals surface area contributed by atoms with Crippen LogP contribution in [-0.2, 0) is 4.79 Å². The molecule has 0 fully saturated rings. The molecule has 7 heteroatoms. The summed E-state index contributed by atoms with van der Waals surface area (Å²) in [5.41, 5.74) is 6.72. The third-order valence-electron chi connectivity index (χ3n) is 3.05. The Morgan fingerprint density at radius 3 is 2.73 bits per heavy atom. The first-order chi connectivity index (χ1) is 10.5. The van der Waals surface area contributed by atoms with Gasteiger partial charge in [-0.2, -0.15) is 0 Å². The van der Waals surface area contributed by atoms with Crippen molar-refractivity contribution in [2.24, 2.45) is 5.73 Å². The molecule has 0 aliphatic rings. The number of hydrogen-bond donors (Lipinski definition) is 3. The van der Waals surface area contributed by atoms with Crippen molar-refractivity contribution in [1.29, 1.82) is 0 Å². The van der Waals surface area contributed by atoms with Crippen LogP contribution in [0.1, 0.15) is 22.9 Å². The van der Waals surface area contributed by atoms with Gasteiger partial charge in [0.25, 0.3) is 0 Å². The molecule has 0 aliphatic carbocycles. The first-order valence-electron chi connectivity index (χ1n) is 6.61. The van der Waals surface area contributed by atoms with Crippen molar-refractivity contribution in [2.45, 2.75) is 19.4 Å². The summed E-state index contributed by atoms with van der Waals surface area (Å²) in [6, 6.07) is 7.89. The second-order valence-electron chi connectivity index (χ2n) is 4.79. The highest BCUT2D eigenvalue weighted by molar-refractivity contribution is 7.10. The van der Waals surface area contributed by atoms with Gasteiger partial charge in [-0.15, -0.1) is 11.3 Å². The Bertz CT molecular complexity index is 673. The summed E-state index contributed by atoms with van der Waals surface area (Å²) in [6.07, 6.45) is 0.0922. The largest absolute Gasteiger partial charge is 0.352 e. The van der Waals surface area contributed by atoms with Gasteiger partial charge in [-0.3, -0.25) is 4.79 Å². The van der Waals surface area contributed by atoms with Gasteiger partial charge in [0.15, 0.2) is 0 Å². The third kappa shape index (κ3) is 4.47. The quantitative estimate of drug-likeness (QED) is 0.780. The summed E-state index contributed by atoms with van der Waals surface area (Å²) < 4.78 is 0. The molecular formula is C15H16ClN3O2S. The normalized spacial score (nSPS) is 11.7. The Balaban J connectivity index is 2.04. The van der Waals surface area contributed by atoms with Crippen molar-refractivity contribution in [2.75, 3.05) is 5.32 Å². The maximum absolute atomic E-state index is 12.2. The van der Waals surface area contributed by atoms with Crippen LogP contribution in [0.5, 0.6) is 0 Å². The number of aryl methyl sites for hydroxylation is 1. The van der Waals surface area contributed by atoms with Gasteiger partial charge < -0.3 is 16.4 Å². The second kappa shape index (κ2) is 7.29. The number of carbonyl (C=O) groups is 2. The maximum Gasteiger partial charge on any atom is 0.312 e. The Morgan fingerprint density at radius 1 is 1.36 bits per heavy atom. The van der Waals surface area contributed by atoms with Gasteiger partial charge in [0.05, 0.1) is 12.5 Å². The molecule has 0 aliphatic heterocycles. The molecule has 5 nitrogen and oxygen atoms in total. The van der Waals surface area contributed by atoms with E-state index in [2.05, 4.69) is 10.6 Å². The summed E-state index contributed by atoms with van der Waals surface area (Å²) in [7, 11) is 0. The van der Waals surface area contributed by atoms with E-state index in [1.54, 1.807) is 12.1 Å². The average molecular weight is 338 g/mol. The van der Waals surface area contributed by atoms with Crippen LogP contribution in [0.15, 0.2) is 35.7 Å². The van der Waals surface area contributed by atoms with E-state index in [-0.39, 0.29) is 12.3 Å². The highest BCUT2D eigenvalue weighted by atomic mass is 35.5. The average Bonchev–Trinajstić information content (AvgIpc) is 2.95. The molecular weight excluding hydrogens is 322 g/mol. The molecule has 116 valence electrons. The first-order valence-corrected chi connectivity index (χ1v) is 7.87. The second-order valence-corrected chi connectivity index (χ2v) is 6.18. The van der Waals surface area contributed by atoms with Crippen molar-refractivity contribution >= 4 is 40.6 Å². The number of amides is 3. The molecule has 0 spiro atoms. The van der Waals surface area contributed by atoms with Crippen LogP contribution in [-0.4, -0.2) is 11.9 Å². The third-order valence-corrected chi connectivity index (χ3v) is 4.44. The van der Waals surface area contributed by atoms with Gasteiger partial charge in [-0.05, 0) is 36.1 Å². The minimum absolute atomic E-state index is 0.0922. The predicted molar refractivity (Wildman–Crippen MR) is 89.2 cm³/mol. The van der Waals surface area contributed by atoms with E-state index < -0.39 is 12.1 Å². The molecule has 1 atom stereocenters. The molecule has 2 rings (SSSR count). The number of nitrogens with two attached hydrogens (primary N) is 1. The Hall–Kier alpha value is -2.05. The number of carbonyl (C=O) groups excluding carboxylic acids is 2. The highest BCUT2D eigenvalue weighted by Crippen LogP contribution is 2.24. The zero-order chi connectivity index (χ0) is 16.1. The number of nitrogens with one attached hydrogen (secondary N) is 2. The van der Waals surface area contributed by atoms with E-state index in [1.807, 2.05) is 30.5 Å². The molecule has 1 heterocycles. The van der Waals surface area contributed by atoms with Gasteiger partial charge in [0, 0.05) is 15.6 Å². The Kier molecular flexibility index (Phi) is 5.41. The number of urea groups is 1. The standard InChI is InChI=1S/C15H16ClN3O2S/c1-9-4-5-10(7-11(9)16)18-14(20)8-12(19-15(17)21)13-3-2-6-22-13/h2-7,12H,8H2,1H3,(H,18,20)(H3,17,19,21). The fraction of sp³-hybridized carbons (Fsp3) is 0.200. The Labute approximate surface area is 137 Å². The number of benzene rings is 1. The summed E-state index contributed by atoms with van der Waals surface area (Å²) in [6.45, 7) is 1.89. The number of anilines is 1. The number of thiophene rings is 1. The van der Waals surface area contributed by atoms with Crippen LogP contribution in [0.3, 0.4) is 0 Å². The zero-order valence-corrected chi connectivity index (χ0v) is 13.5. The van der Waals surface area contributed by atoms with E-state index in [1.165, 1.54) is 11.3 Å².